The number of aromatic nitrogens is 1. The maximum absolute atomic E-state index is 6.86. The highest BCUT2D eigenvalue weighted by Crippen LogP contribution is 2.44. The van der Waals surface area contributed by atoms with Crippen molar-refractivity contribution >= 4 is 55.3 Å². The first kappa shape index (κ1) is 29.1. The van der Waals surface area contributed by atoms with Gasteiger partial charge in [0.2, 0.25) is 0 Å². The van der Waals surface area contributed by atoms with Crippen LogP contribution in [0, 0.1) is 0 Å². The van der Waals surface area contributed by atoms with Crippen LogP contribution in [0.5, 0.6) is 0 Å². The summed E-state index contributed by atoms with van der Waals surface area (Å²) >= 11 is 0. The molecule has 1 atom stereocenters. The number of pyridine rings is 1. The smallest absolute Gasteiger partial charge is 0.159 e. The second-order valence-corrected chi connectivity index (χ2v) is 12.9. The molecule has 9 aromatic rings. The van der Waals surface area contributed by atoms with Crippen LogP contribution >= 0.6 is 0 Å². The minimum absolute atomic E-state index is 0.301. The summed E-state index contributed by atoms with van der Waals surface area (Å²) in [5, 5.41) is 9.19. The molecule has 0 saturated carbocycles. The summed E-state index contributed by atoms with van der Waals surface area (Å²) in [5.74, 6) is 1.45. The number of amidine groups is 2. The van der Waals surface area contributed by atoms with E-state index in [-0.39, 0.29) is 6.17 Å². The summed E-state index contributed by atoms with van der Waals surface area (Å²) in [7, 11) is 0. The highest BCUT2D eigenvalue weighted by molar-refractivity contribution is 6.21. The van der Waals surface area contributed by atoms with Gasteiger partial charge in [-0.3, -0.25) is 4.98 Å². The average Bonchev–Trinajstić information content (AvgIpc) is 3.58. The topological polar surface area (TPSA) is 62.8 Å². The first-order valence-electron chi connectivity index (χ1n) is 17.1. The first-order valence-corrected chi connectivity index (χ1v) is 17.1. The number of rotatable bonds is 5. The first-order chi connectivity index (χ1) is 25.3. The third kappa shape index (κ3) is 5.06. The summed E-state index contributed by atoms with van der Waals surface area (Å²) in [6, 6.07) is 56.8. The van der Waals surface area contributed by atoms with Gasteiger partial charge in [-0.15, -0.1) is 0 Å². The summed E-state index contributed by atoms with van der Waals surface area (Å²) in [5.41, 5.74) is 9.87. The molecule has 0 aliphatic carbocycles. The largest absolute Gasteiger partial charge is 0.455 e. The molecule has 240 valence electrons. The molecular formula is C46H30N4O. The molecular weight excluding hydrogens is 625 g/mol. The summed E-state index contributed by atoms with van der Waals surface area (Å²) in [6.07, 6.45) is 1.54. The second kappa shape index (κ2) is 11.9. The SMILES string of the molecule is c1ccc(C2=NC(c3ccccc3)NC(c3ccccc3-c3ccc(-c4ccc5ccccc5c4)c4oc5cc6cccnc6cc5c34)=N2)cc1. The highest BCUT2D eigenvalue weighted by atomic mass is 16.3. The molecule has 2 aromatic heterocycles. The average molecular weight is 655 g/mol. The van der Waals surface area contributed by atoms with Gasteiger partial charge in [-0.25, -0.2) is 9.98 Å². The molecule has 51 heavy (non-hydrogen) atoms. The van der Waals surface area contributed by atoms with Gasteiger partial charge in [0.15, 0.2) is 5.84 Å². The normalized spacial score (nSPS) is 14.5. The fourth-order valence-electron chi connectivity index (χ4n) is 7.29. The fraction of sp³-hybridized carbons (Fsp3) is 0.0217. The number of benzene rings is 7. The van der Waals surface area contributed by atoms with Crippen LogP contribution < -0.4 is 5.32 Å². The van der Waals surface area contributed by atoms with Crippen LogP contribution in [0.3, 0.4) is 0 Å². The molecule has 0 spiro atoms. The Bertz CT molecular complexity index is 2840. The molecule has 0 bridgehead atoms. The van der Waals surface area contributed by atoms with Crippen molar-refractivity contribution in [2.24, 2.45) is 9.98 Å². The molecule has 1 N–H and O–H groups in total. The molecule has 0 fully saturated rings. The predicted molar refractivity (Wildman–Crippen MR) is 209 cm³/mol. The second-order valence-electron chi connectivity index (χ2n) is 12.9. The van der Waals surface area contributed by atoms with Crippen molar-refractivity contribution in [3.63, 3.8) is 0 Å². The molecule has 1 aliphatic rings. The highest BCUT2D eigenvalue weighted by Gasteiger charge is 2.25. The van der Waals surface area contributed by atoms with Gasteiger partial charge in [0.05, 0.1) is 5.52 Å². The molecule has 0 saturated heterocycles. The number of hydrogen-bond donors (Lipinski definition) is 1. The number of nitrogens with one attached hydrogen (secondary N) is 1. The van der Waals surface area contributed by atoms with Crippen LogP contribution in [-0.4, -0.2) is 16.7 Å². The van der Waals surface area contributed by atoms with E-state index in [2.05, 4.69) is 127 Å². The molecule has 1 unspecified atom stereocenters. The third-order valence-corrected chi connectivity index (χ3v) is 9.77. The monoisotopic (exact) mass is 654 g/mol. The third-order valence-electron chi connectivity index (χ3n) is 9.77. The molecule has 5 heteroatoms. The van der Waals surface area contributed by atoms with Crippen molar-refractivity contribution in [2.75, 3.05) is 0 Å². The van der Waals surface area contributed by atoms with Gasteiger partial charge < -0.3 is 9.73 Å². The lowest BCUT2D eigenvalue weighted by Crippen LogP contribution is -2.33. The van der Waals surface area contributed by atoms with Crippen molar-refractivity contribution in [2.45, 2.75) is 6.17 Å². The van der Waals surface area contributed by atoms with E-state index in [1.54, 1.807) is 0 Å². The van der Waals surface area contributed by atoms with Gasteiger partial charge in [-0.2, -0.15) is 0 Å². The van der Waals surface area contributed by atoms with Crippen LogP contribution in [0.2, 0.25) is 0 Å². The fourth-order valence-corrected chi connectivity index (χ4v) is 7.29. The van der Waals surface area contributed by atoms with E-state index < -0.39 is 0 Å². The van der Waals surface area contributed by atoms with E-state index in [1.165, 1.54) is 10.8 Å². The zero-order chi connectivity index (χ0) is 33.7. The van der Waals surface area contributed by atoms with Crippen LogP contribution in [0.15, 0.2) is 184 Å². The Morgan fingerprint density at radius 2 is 1.25 bits per heavy atom. The van der Waals surface area contributed by atoms with Gasteiger partial charge in [0.1, 0.15) is 23.2 Å². The van der Waals surface area contributed by atoms with Crippen LogP contribution in [0.25, 0.3) is 65.9 Å². The molecule has 5 nitrogen and oxygen atoms in total. The van der Waals surface area contributed by atoms with Gasteiger partial charge in [0, 0.05) is 39.0 Å². The van der Waals surface area contributed by atoms with E-state index in [4.69, 9.17) is 19.4 Å². The molecule has 1 aliphatic heterocycles. The Balaban J connectivity index is 1.21. The number of nitrogens with zero attached hydrogens (tertiary/aromatic N) is 3. The molecule has 10 rings (SSSR count). The zero-order valence-corrected chi connectivity index (χ0v) is 27.5. The van der Waals surface area contributed by atoms with Crippen LogP contribution in [0.1, 0.15) is 22.9 Å². The minimum atomic E-state index is -0.301. The Morgan fingerprint density at radius 1 is 0.529 bits per heavy atom. The van der Waals surface area contributed by atoms with Gasteiger partial charge in [-0.1, -0.05) is 133 Å². The van der Waals surface area contributed by atoms with Crippen LogP contribution in [-0.2, 0) is 0 Å². The molecule has 7 aromatic carbocycles. The van der Waals surface area contributed by atoms with Crippen molar-refractivity contribution in [3.05, 3.63) is 187 Å². The van der Waals surface area contributed by atoms with E-state index in [1.807, 2.05) is 48.7 Å². The van der Waals surface area contributed by atoms with Gasteiger partial charge >= 0.3 is 0 Å². The summed E-state index contributed by atoms with van der Waals surface area (Å²) < 4.78 is 6.86. The quantitative estimate of drug-likeness (QED) is 0.201. The number of furan rings is 1. The Kier molecular flexibility index (Phi) is 6.81. The zero-order valence-electron chi connectivity index (χ0n) is 27.5. The van der Waals surface area contributed by atoms with Crippen molar-refractivity contribution < 1.29 is 4.42 Å². The Morgan fingerprint density at radius 3 is 2.12 bits per heavy atom. The lowest BCUT2D eigenvalue weighted by Gasteiger charge is -2.25. The van der Waals surface area contributed by atoms with Crippen molar-refractivity contribution in [1.29, 1.82) is 0 Å². The Hall–Kier alpha value is -6.85. The standard InChI is InChI=1S/C46H30N4O/c1-3-13-30(14-4-1)44-48-45(31-15-5-2-6-16-31)50-46(49-44)38-20-10-9-19-36(38)37-24-23-35(33-22-21-29-12-7-8-17-32(29)26-33)43-42(37)39-28-40-34(18-11-25-47-40)27-41(39)51-43/h1-28,44H,(H,48,49,50). The minimum Gasteiger partial charge on any atom is -0.455 e. The summed E-state index contributed by atoms with van der Waals surface area (Å²) in [6.45, 7) is 0. The van der Waals surface area contributed by atoms with E-state index in [9.17, 15) is 0 Å². The van der Waals surface area contributed by atoms with Crippen molar-refractivity contribution in [3.8, 4) is 22.3 Å². The number of hydrogen-bond acceptors (Lipinski definition) is 5. The van der Waals surface area contributed by atoms with Crippen molar-refractivity contribution in [1.82, 2.24) is 10.3 Å². The predicted octanol–water partition coefficient (Wildman–Crippen LogP) is 11.1. The van der Waals surface area contributed by atoms with E-state index in [0.717, 1.165) is 77.6 Å². The van der Waals surface area contributed by atoms with Gasteiger partial charge in [0.25, 0.3) is 0 Å². The number of fused-ring (bicyclic) bond motifs is 5. The molecule has 0 radical (unpaired) electrons. The molecule has 0 amide bonds. The number of aliphatic imine (C=N–C) groups is 2. The summed E-state index contributed by atoms with van der Waals surface area (Å²) in [4.78, 5) is 15.0. The van der Waals surface area contributed by atoms with E-state index >= 15 is 0 Å². The lowest BCUT2D eigenvalue weighted by molar-refractivity contribution is 0.670. The maximum atomic E-state index is 6.86. The Labute approximate surface area is 294 Å². The lowest BCUT2D eigenvalue weighted by atomic mass is 9.91. The van der Waals surface area contributed by atoms with E-state index in [0.29, 0.717) is 5.84 Å². The molecule has 3 heterocycles. The maximum Gasteiger partial charge on any atom is 0.159 e. The van der Waals surface area contributed by atoms with Crippen LogP contribution in [0.4, 0.5) is 0 Å². The van der Waals surface area contributed by atoms with Gasteiger partial charge in [-0.05, 0) is 63.4 Å².